The van der Waals surface area contributed by atoms with Crippen LogP contribution in [-0.2, 0) is 14.3 Å². The molecule has 5 heteroatoms. The van der Waals surface area contributed by atoms with Gasteiger partial charge in [-0.2, -0.15) is 0 Å². The summed E-state index contributed by atoms with van der Waals surface area (Å²) in [5, 5.41) is 9.13. The van der Waals surface area contributed by atoms with Crippen molar-refractivity contribution in [3.8, 4) is 0 Å². The number of carbonyl (C=O) groups excluding carboxylic acids is 1. The van der Waals surface area contributed by atoms with Crippen molar-refractivity contribution >= 4 is 12.4 Å². The molecule has 84 valence electrons. The summed E-state index contributed by atoms with van der Waals surface area (Å²) < 4.78 is 5.36. The standard InChI is InChI=1S/C10H15NO4/c12-6-11(7-3-4-7)9(10(13)14)8-2-1-5-15-8/h6-9H,1-5H2,(H,13,14). The van der Waals surface area contributed by atoms with Crippen LogP contribution in [0, 0.1) is 0 Å². The Morgan fingerprint density at radius 2 is 2.20 bits per heavy atom. The van der Waals surface area contributed by atoms with E-state index in [0.717, 1.165) is 25.7 Å². The van der Waals surface area contributed by atoms with Crippen LogP contribution in [0.5, 0.6) is 0 Å². The summed E-state index contributed by atoms with van der Waals surface area (Å²) in [6, 6.07) is -0.676. The SMILES string of the molecule is O=CN(C1CC1)C(C(=O)O)C1CCCO1. The maximum Gasteiger partial charge on any atom is 0.329 e. The van der Waals surface area contributed by atoms with Crippen molar-refractivity contribution in [3.05, 3.63) is 0 Å². The molecule has 0 spiro atoms. The van der Waals surface area contributed by atoms with Crippen LogP contribution >= 0.6 is 0 Å². The van der Waals surface area contributed by atoms with Gasteiger partial charge in [0.05, 0.1) is 6.10 Å². The number of nitrogens with zero attached hydrogens (tertiary/aromatic N) is 1. The number of hydrogen-bond donors (Lipinski definition) is 1. The minimum absolute atomic E-state index is 0.118. The van der Waals surface area contributed by atoms with Gasteiger partial charge in [0.2, 0.25) is 6.41 Å². The van der Waals surface area contributed by atoms with Crippen LogP contribution < -0.4 is 0 Å². The first-order valence-electron chi connectivity index (χ1n) is 5.31. The summed E-state index contributed by atoms with van der Waals surface area (Å²) in [7, 11) is 0. The van der Waals surface area contributed by atoms with Gasteiger partial charge >= 0.3 is 5.97 Å². The summed E-state index contributed by atoms with van der Waals surface area (Å²) >= 11 is 0. The van der Waals surface area contributed by atoms with Gasteiger partial charge in [-0.1, -0.05) is 0 Å². The lowest BCUT2D eigenvalue weighted by Crippen LogP contribution is -2.49. The van der Waals surface area contributed by atoms with E-state index in [-0.39, 0.29) is 12.1 Å². The van der Waals surface area contributed by atoms with Crippen molar-refractivity contribution in [2.45, 2.75) is 43.9 Å². The van der Waals surface area contributed by atoms with E-state index < -0.39 is 12.0 Å². The first-order chi connectivity index (χ1) is 7.24. The average Bonchev–Trinajstić information content (AvgIpc) is 2.90. The number of carboxylic acid groups (broad SMARTS) is 1. The fourth-order valence-electron chi connectivity index (χ4n) is 2.08. The maximum atomic E-state index is 11.1. The first-order valence-corrected chi connectivity index (χ1v) is 5.31. The number of carboxylic acids is 1. The Morgan fingerprint density at radius 3 is 2.60 bits per heavy atom. The van der Waals surface area contributed by atoms with Crippen LogP contribution in [0.2, 0.25) is 0 Å². The third-order valence-electron chi connectivity index (χ3n) is 2.98. The molecule has 0 aromatic heterocycles. The zero-order valence-electron chi connectivity index (χ0n) is 8.46. The highest BCUT2D eigenvalue weighted by atomic mass is 16.5. The number of rotatable bonds is 5. The zero-order valence-corrected chi connectivity index (χ0v) is 8.46. The Kier molecular flexibility index (Phi) is 2.90. The lowest BCUT2D eigenvalue weighted by molar-refractivity contribution is -0.152. The van der Waals surface area contributed by atoms with Gasteiger partial charge in [-0.05, 0) is 25.7 Å². The molecule has 0 aromatic carbocycles. The fraction of sp³-hybridized carbons (Fsp3) is 0.800. The zero-order chi connectivity index (χ0) is 10.8. The number of amides is 1. The average molecular weight is 213 g/mol. The summed E-state index contributed by atoms with van der Waals surface area (Å²) in [6.07, 6.45) is 3.76. The van der Waals surface area contributed by atoms with E-state index >= 15 is 0 Å². The molecule has 2 aliphatic rings. The number of carbonyl (C=O) groups is 2. The molecule has 1 heterocycles. The third kappa shape index (κ3) is 2.12. The van der Waals surface area contributed by atoms with Crippen molar-refractivity contribution in [3.63, 3.8) is 0 Å². The van der Waals surface area contributed by atoms with E-state index in [2.05, 4.69) is 0 Å². The van der Waals surface area contributed by atoms with Crippen LogP contribution in [0.15, 0.2) is 0 Å². The number of aliphatic carboxylic acids is 1. The van der Waals surface area contributed by atoms with Gasteiger partial charge in [-0.15, -0.1) is 0 Å². The molecule has 0 bridgehead atoms. The van der Waals surface area contributed by atoms with Crippen LogP contribution in [0.25, 0.3) is 0 Å². The Bertz CT molecular complexity index is 258. The van der Waals surface area contributed by atoms with Crippen LogP contribution in [0.4, 0.5) is 0 Å². The molecular weight excluding hydrogens is 198 g/mol. The summed E-state index contributed by atoms with van der Waals surface area (Å²) in [4.78, 5) is 23.4. The van der Waals surface area contributed by atoms with Crippen molar-refractivity contribution in [1.82, 2.24) is 4.90 Å². The van der Waals surface area contributed by atoms with Gasteiger partial charge in [0.25, 0.3) is 0 Å². The molecule has 1 saturated carbocycles. The van der Waals surface area contributed by atoms with Crippen LogP contribution in [0.3, 0.4) is 0 Å². The second-order valence-electron chi connectivity index (χ2n) is 4.12. The molecule has 1 saturated heterocycles. The molecule has 1 N–H and O–H groups in total. The molecule has 0 aromatic rings. The summed E-state index contributed by atoms with van der Waals surface area (Å²) in [5.41, 5.74) is 0. The summed E-state index contributed by atoms with van der Waals surface area (Å²) in [5.74, 6) is -0.957. The Hall–Kier alpha value is -1.10. The number of hydrogen-bond acceptors (Lipinski definition) is 3. The normalized spacial score (nSPS) is 27.3. The molecule has 15 heavy (non-hydrogen) atoms. The van der Waals surface area contributed by atoms with E-state index in [1.54, 1.807) is 0 Å². The van der Waals surface area contributed by atoms with Crippen LogP contribution in [0.1, 0.15) is 25.7 Å². The Balaban J connectivity index is 2.09. The second kappa shape index (κ2) is 4.18. The largest absolute Gasteiger partial charge is 0.480 e. The first kappa shape index (κ1) is 10.4. The van der Waals surface area contributed by atoms with Gasteiger partial charge in [0, 0.05) is 12.6 Å². The predicted molar refractivity (Wildman–Crippen MR) is 51.3 cm³/mol. The van der Waals surface area contributed by atoms with E-state index in [1.807, 2.05) is 0 Å². The van der Waals surface area contributed by atoms with Crippen molar-refractivity contribution in [2.75, 3.05) is 6.61 Å². The van der Waals surface area contributed by atoms with Gasteiger partial charge in [-0.25, -0.2) is 4.79 Å². The quantitative estimate of drug-likeness (QED) is 0.664. The molecule has 5 nitrogen and oxygen atoms in total. The van der Waals surface area contributed by atoms with E-state index in [9.17, 15) is 9.59 Å². The van der Waals surface area contributed by atoms with Crippen molar-refractivity contribution < 1.29 is 19.4 Å². The second-order valence-corrected chi connectivity index (χ2v) is 4.12. The summed E-state index contributed by atoms with van der Waals surface area (Å²) in [6.45, 7) is 0.603. The minimum atomic E-state index is -0.957. The highest BCUT2D eigenvalue weighted by molar-refractivity contribution is 5.77. The molecule has 0 radical (unpaired) electrons. The molecule has 1 amide bonds. The highest BCUT2D eigenvalue weighted by Crippen LogP contribution is 2.30. The maximum absolute atomic E-state index is 11.1. The topological polar surface area (TPSA) is 66.8 Å². The third-order valence-corrected chi connectivity index (χ3v) is 2.98. The van der Waals surface area contributed by atoms with E-state index in [1.165, 1.54) is 4.90 Å². The monoisotopic (exact) mass is 213 g/mol. The fourth-order valence-corrected chi connectivity index (χ4v) is 2.08. The molecule has 2 fully saturated rings. The minimum Gasteiger partial charge on any atom is -0.480 e. The van der Waals surface area contributed by atoms with E-state index in [4.69, 9.17) is 9.84 Å². The van der Waals surface area contributed by atoms with Gasteiger partial charge in [0.15, 0.2) is 6.04 Å². The highest BCUT2D eigenvalue weighted by Gasteiger charge is 2.42. The molecule has 2 unspecified atom stereocenters. The Labute approximate surface area is 88.0 Å². The van der Waals surface area contributed by atoms with Gasteiger partial charge in [0.1, 0.15) is 0 Å². The molecule has 1 aliphatic heterocycles. The lowest BCUT2D eigenvalue weighted by Gasteiger charge is -2.28. The predicted octanol–water partition coefficient (Wildman–Crippen LogP) is 0.239. The molecule has 1 aliphatic carbocycles. The van der Waals surface area contributed by atoms with Gasteiger partial charge < -0.3 is 14.7 Å². The Morgan fingerprint density at radius 1 is 1.47 bits per heavy atom. The number of ether oxygens (including phenoxy) is 1. The smallest absolute Gasteiger partial charge is 0.329 e. The van der Waals surface area contributed by atoms with Crippen molar-refractivity contribution in [1.29, 1.82) is 0 Å². The van der Waals surface area contributed by atoms with Crippen molar-refractivity contribution in [2.24, 2.45) is 0 Å². The lowest BCUT2D eigenvalue weighted by atomic mass is 10.1. The molecule has 2 rings (SSSR count). The van der Waals surface area contributed by atoms with Crippen LogP contribution in [-0.4, -0.2) is 47.2 Å². The molecular formula is C10H15NO4. The molecule has 2 atom stereocenters. The van der Waals surface area contributed by atoms with Gasteiger partial charge in [-0.3, -0.25) is 4.79 Å². The van der Waals surface area contributed by atoms with E-state index in [0.29, 0.717) is 13.0 Å².